The van der Waals surface area contributed by atoms with Crippen molar-refractivity contribution >= 4 is 31.2 Å². The van der Waals surface area contributed by atoms with Crippen LogP contribution in [0.5, 0.6) is 5.75 Å². The normalized spacial score (nSPS) is 18.7. The van der Waals surface area contributed by atoms with E-state index in [1.54, 1.807) is 24.1 Å². The second-order valence-corrected chi connectivity index (χ2v) is 11.1. The van der Waals surface area contributed by atoms with E-state index in [2.05, 4.69) is 24.4 Å². The summed E-state index contributed by atoms with van der Waals surface area (Å²) in [7, 11) is 1.71. The number of hydrogen-bond acceptors (Lipinski definition) is 6. The molecule has 0 aromatic heterocycles. The molecule has 2 amide bonds. The van der Waals surface area contributed by atoms with Crippen molar-refractivity contribution in [3.63, 3.8) is 0 Å². The zero-order chi connectivity index (χ0) is 32.5. The van der Waals surface area contributed by atoms with Gasteiger partial charge in [0.1, 0.15) is 18.1 Å². The molecule has 3 rings (SSSR count). The van der Waals surface area contributed by atoms with Gasteiger partial charge in [-0.25, -0.2) is 0 Å². The fourth-order valence-corrected chi connectivity index (χ4v) is 3.75. The van der Waals surface area contributed by atoms with Gasteiger partial charge < -0.3 is 24.5 Å². The highest BCUT2D eigenvalue weighted by molar-refractivity contribution is 5.84. The maximum absolute atomic E-state index is 12.8. The van der Waals surface area contributed by atoms with Crippen LogP contribution in [0.25, 0.3) is 6.08 Å². The molecule has 0 radical (unpaired) electrons. The number of aldehydes is 1. The number of rotatable bonds is 9. The van der Waals surface area contributed by atoms with Crippen molar-refractivity contribution in [1.82, 2.24) is 10.2 Å². The summed E-state index contributed by atoms with van der Waals surface area (Å²) in [6, 6.07) is 4.72. The minimum atomic E-state index is -4.00. The molecule has 1 aromatic rings. The number of methoxy groups -OCH3 is 1. The van der Waals surface area contributed by atoms with E-state index in [9.17, 15) is 27.6 Å². The van der Waals surface area contributed by atoms with Gasteiger partial charge in [0.15, 0.2) is 0 Å². The molecule has 238 valence electrons. The topological polar surface area (TPSA) is 102 Å². The molecule has 42 heavy (non-hydrogen) atoms. The number of hydrogen-bond donors (Lipinski definition) is 1. The lowest BCUT2D eigenvalue weighted by atomic mass is 9.99. The maximum atomic E-state index is 12.8. The van der Waals surface area contributed by atoms with E-state index in [1.807, 2.05) is 33.8 Å². The van der Waals surface area contributed by atoms with Gasteiger partial charge in [0.2, 0.25) is 12.3 Å². The highest BCUT2D eigenvalue weighted by Crippen LogP contribution is 2.32. The lowest BCUT2D eigenvalue weighted by Crippen LogP contribution is -2.43. The van der Waals surface area contributed by atoms with Gasteiger partial charge in [-0.2, -0.15) is 13.2 Å². The van der Waals surface area contributed by atoms with Crippen LogP contribution >= 0.6 is 0 Å². The van der Waals surface area contributed by atoms with Crippen LogP contribution in [0, 0.1) is 11.8 Å². The van der Waals surface area contributed by atoms with Crippen molar-refractivity contribution in [2.45, 2.75) is 98.0 Å². The van der Waals surface area contributed by atoms with Crippen LogP contribution in [0.15, 0.2) is 24.3 Å². The van der Waals surface area contributed by atoms with E-state index in [0.29, 0.717) is 37.0 Å². The van der Waals surface area contributed by atoms with E-state index in [0.717, 1.165) is 30.2 Å². The van der Waals surface area contributed by atoms with Crippen molar-refractivity contribution < 1.29 is 41.8 Å². The third kappa shape index (κ3) is 17.6. The summed E-state index contributed by atoms with van der Waals surface area (Å²) in [5.41, 5.74) is 1.91. The number of ether oxygens (including phenoxy) is 2. The first-order valence-electron chi connectivity index (χ1n) is 14.0. The molecule has 1 saturated carbocycles. The first kappa shape index (κ1) is 38.8. The van der Waals surface area contributed by atoms with Gasteiger partial charge in [0.25, 0.3) is 6.47 Å². The Bertz CT molecular complexity index is 997. The molecular formula is C31H47F3N2O6. The minimum Gasteiger partial charge on any atom is -0.429 e. The number of benzene rings is 1. The summed E-state index contributed by atoms with van der Waals surface area (Å²) < 4.78 is 41.0. The molecule has 1 aliphatic heterocycles. The number of nitrogens with one attached hydrogen (secondary N) is 1. The molecule has 1 aliphatic carbocycles. The molecule has 11 heteroatoms. The summed E-state index contributed by atoms with van der Waals surface area (Å²) in [5.74, 6) is 1.29. The number of nitrogens with zero attached hydrogens (tertiary/aromatic N) is 1. The van der Waals surface area contributed by atoms with Crippen molar-refractivity contribution in [3.8, 4) is 5.75 Å². The zero-order valence-corrected chi connectivity index (χ0v) is 26.0. The van der Waals surface area contributed by atoms with Gasteiger partial charge >= 0.3 is 6.18 Å². The monoisotopic (exact) mass is 600 g/mol. The second-order valence-electron chi connectivity index (χ2n) is 11.1. The first-order chi connectivity index (χ1) is 19.5. The Hall–Kier alpha value is -3.21. The van der Waals surface area contributed by atoms with Crippen LogP contribution < -0.4 is 10.1 Å². The highest BCUT2D eigenvalue weighted by Gasteiger charge is 2.35. The van der Waals surface area contributed by atoms with E-state index in [4.69, 9.17) is 14.3 Å². The molecule has 2 aliphatic rings. The number of likely N-dealkylation sites (tertiary alicyclic amines) is 1. The first-order valence-corrected chi connectivity index (χ1v) is 14.0. The molecular weight excluding hydrogens is 553 g/mol. The maximum Gasteiger partial charge on any atom is 0.386 e. The molecule has 1 N–H and O–H groups in total. The molecule has 1 aromatic carbocycles. The number of carbonyl (C=O) groups excluding carboxylic acids is 4. The van der Waals surface area contributed by atoms with E-state index >= 15 is 0 Å². The van der Waals surface area contributed by atoms with E-state index in [-0.39, 0.29) is 24.5 Å². The Morgan fingerprint density at radius 1 is 1.14 bits per heavy atom. The van der Waals surface area contributed by atoms with Crippen LogP contribution in [0.3, 0.4) is 0 Å². The summed E-state index contributed by atoms with van der Waals surface area (Å²) in [6.45, 7) is 12.7. The third-order valence-corrected chi connectivity index (χ3v) is 6.29. The molecule has 1 heterocycles. The van der Waals surface area contributed by atoms with Crippen LogP contribution in [-0.2, 0) is 23.9 Å². The molecule has 0 spiro atoms. The van der Waals surface area contributed by atoms with Crippen LogP contribution in [0.4, 0.5) is 13.2 Å². The Balaban J connectivity index is 0.00000100. The molecule has 8 nitrogen and oxygen atoms in total. The van der Waals surface area contributed by atoms with Crippen molar-refractivity contribution in [2.24, 2.45) is 11.8 Å². The smallest absolute Gasteiger partial charge is 0.386 e. The van der Waals surface area contributed by atoms with Crippen molar-refractivity contribution in [3.05, 3.63) is 35.4 Å². The highest BCUT2D eigenvalue weighted by atomic mass is 19.4. The van der Waals surface area contributed by atoms with Gasteiger partial charge in [0.05, 0.1) is 11.6 Å². The lowest BCUT2D eigenvalue weighted by Gasteiger charge is -2.23. The zero-order valence-electron chi connectivity index (χ0n) is 26.0. The summed E-state index contributed by atoms with van der Waals surface area (Å²) in [6.07, 6.45) is 5.85. The Kier molecular flexibility index (Phi) is 17.6. The fraction of sp³-hybridized carbons (Fsp3) is 0.613. The van der Waals surface area contributed by atoms with Crippen molar-refractivity contribution in [1.29, 1.82) is 0 Å². The minimum absolute atomic E-state index is 0.0417. The predicted octanol–water partition coefficient (Wildman–Crippen LogP) is 6.28. The quantitative estimate of drug-likeness (QED) is 0.335. The number of alkyl halides is 3. The van der Waals surface area contributed by atoms with Gasteiger partial charge in [-0.05, 0) is 89.0 Å². The third-order valence-electron chi connectivity index (χ3n) is 6.29. The number of amides is 2. The number of allylic oxidation sites excluding steroid dienone is 1. The SMILES string of the molecule is CC(F)(F)F.CC=O.CC[C@@H]1CC(C(=O)N[C@@H](C)c2cc(OC=O)ccc2/C=C/C2CC2)N(C=O)C1.COC(C)(C)C. The molecule has 3 atom stereocenters. The second kappa shape index (κ2) is 19.1. The number of carbonyl (C=O) groups is 4. The standard InChI is InChI=1S/C22H28N2O4.C5H12O.C2H3F3.C2H4O/c1-3-16-10-21(24(12-16)13-25)22(27)23-15(2)20-11-19(28-14-26)9-8-18(20)7-6-17-4-5-17;1-5(2,3)6-4;1-2(3,4)5;1-2-3/h6-9,11,13-17,21H,3-5,10,12H2,1-2H3,(H,23,27);1-4H3;1H3;2H,1H3/b7-6+;;;/t15-,16+,21?;;;/m0.../s1. The van der Waals surface area contributed by atoms with Crippen LogP contribution in [0.1, 0.15) is 91.3 Å². The Morgan fingerprint density at radius 3 is 2.12 bits per heavy atom. The van der Waals surface area contributed by atoms with E-state index in [1.165, 1.54) is 19.8 Å². The average Bonchev–Trinajstić information content (AvgIpc) is 3.63. The van der Waals surface area contributed by atoms with Gasteiger partial charge in [-0.1, -0.05) is 31.6 Å². The van der Waals surface area contributed by atoms with E-state index < -0.39 is 12.2 Å². The summed E-state index contributed by atoms with van der Waals surface area (Å²) in [5, 5.41) is 3.04. The van der Waals surface area contributed by atoms with Gasteiger partial charge in [0, 0.05) is 20.6 Å². The Morgan fingerprint density at radius 2 is 1.69 bits per heavy atom. The van der Waals surface area contributed by atoms with Gasteiger partial charge in [-0.3, -0.25) is 14.4 Å². The molecule has 1 saturated heterocycles. The lowest BCUT2D eigenvalue weighted by molar-refractivity contribution is -0.131. The number of halogens is 3. The largest absolute Gasteiger partial charge is 0.429 e. The average molecular weight is 601 g/mol. The Labute approximate surface area is 248 Å². The molecule has 2 fully saturated rings. The molecule has 1 unspecified atom stereocenters. The van der Waals surface area contributed by atoms with Crippen molar-refractivity contribution in [2.75, 3.05) is 13.7 Å². The fourth-order valence-electron chi connectivity index (χ4n) is 3.75. The predicted molar refractivity (Wildman–Crippen MR) is 157 cm³/mol. The van der Waals surface area contributed by atoms with Crippen LogP contribution in [0.2, 0.25) is 0 Å². The summed E-state index contributed by atoms with van der Waals surface area (Å²) in [4.78, 5) is 45.3. The van der Waals surface area contributed by atoms with Gasteiger partial charge in [-0.15, -0.1) is 0 Å². The molecule has 0 bridgehead atoms. The van der Waals surface area contributed by atoms with Crippen LogP contribution in [-0.4, -0.2) is 61.4 Å². The summed E-state index contributed by atoms with van der Waals surface area (Å²) >= 11 is 0.